The molecular weight excluding hydrogens is 522 g/mol. The van der Waals surface area contributed by atoms with Crippen molar-refractivity contribution in [3.63, 3.8) is 0 Å². The third kappa shape index (κ3) is 7.61. The molecule has 0 atom stereocenters. The van der Waals surface area contributed by atoms with E-state index in [1.165, 1.54) is 0 Å². The van der Waals surface area contributed by atoms with Crippen LogP contribution in [0.3, 0.4) is 0 Å². The first kappa shape index (κ1) is 28.2. The number of halogens is 6. The highest BCUT2D eigenvalue weighted by atomic mass is 19.4. The van der Waals surface area contributed by atoms with Crippen molar-refractivity contribution in [3.8, 4) is 11.5 Å². The van der Waals surface area contributed by atoms with Crippen LogP contribution in [0.5, 0.6) is 11.5 Å². The van der Waals surface area contributed by atoms with Gasteiger partial charge in [-0.05, 0) is 59.9 Å². The fourth-order valence-corrected chi connectivity index (χ4v) is 4.12. The Labute approximate surface area is 221 Å². The maximum Gasteiger partial charge on any atom is 0.573 e. The van der Waals surface area contributed by atoms with Crippen LogP contribution in [0, 0.1) is 17.5 Å². The smallest absolute Gasteiger partial charge is 0.490 e. The molecule has 0 amide bonds. The van der Waals surface area contributed by atoms with Gasteiger partial charge in [-0.2, -0.15) is 0 Å². The van der Waals surface area contributed by atoms with Gasteiger partial charge in [-0.1, -0.05) is 43.7 Å². The fourth-order valence-electron chi connectivity index (χ4n) is 4.12. The van der Waals surface area contributed by atoms with Crippen molar-refractivity contribution in [3.05, 3.63) is 94.8 Å². The molecule has 0 radical (unpaired) electrons. The summed E-state index contributed by atoms with van der Waals surface area (Å²) < 4.78 is 89.1. The molecule has 4 rings (SSSR count). The average molecular weight is 549 g/mol. The first-order chi connectivity index (χ1) is 18.6. The van der Waals surface area contributed by atoms with Crippen molar-refractivity contribution in [2.45, 2.75) is 51.8 Å². The molecule has 4 aromatic rings. The summed E-state index contributed by atoms with van der Waals surface area (Å²) >= 11 is 0. The quantitative estimate of drug-likeness (QED) is 0.142. The number of aromatic nitrogens is 2. The Balaban J connectivity index is 1.39. The zero-order valence-corrected chi connectivity index (χ0v) is 21.1. The summed E-state index contributed by atoms with van der Waals surface area (Å²) in [5.41, 5.74) is 1.38. The Bertz CT molecular complexity index is 1400. The lowest BCUT2D eigenvalue weighted by Gasteiger charge is -2.12. The number of alkyl halides is 3. The minimum atomic E-state index is -5.22. The van der Waals surface area contributed by atoms with Crippen LogP contribution in [0.1, 0.15) is 42.3 Å². The predicted molar refractivity (Wildman–Crippen MR) is 134 cm³/mol. The zero-order valence-electron chi connectivity index (χ0n) is 21.1. The molecule has 0 unspecified atom stereocenters. The summed E-state index contributed by atoms with van der Waals surface area (Å²) in [5, 5.41) is 1.09. The van der Waals surface area contributed by atoms with Gasteiger partial charge < -0.3 is 9.47 Å². The topological polar surface area (TPSA) is 44.2 Å². The molecule has 0 aliphatic carbocycles. The third-order valence-corrected chi connectivity index (χ3v) is 6.14. The first-order valence-corrected chi connectivity index (χ1v) is 12.5. The normalized spacial score (nSPS) is 11.7. The summed E-state index contributed by atoms with van der Waals surface area (Å²) in [6.45, 7) is 2.71. The van der Waals surface area contributed by atoms with Crippen molar-refractivity contribution in [2.75, 3.05) is 6.61 Å². The SMILES string of the molecule is CCCCOc1cnc(CCc2ccc3c(F)c(CCc4cc(F)c(OC(F)(F)F)c(F)c4)ccc3c2)nc1. The molecule has 0 spiro atoms. The molecular formula is C29H26F6N2O2. The number of unbranched alkanes of at least 4 members (excludes halogenated alkanes) is 1. The molecule has 1 aromatic heterocycles. The summed E-state index contributed by atoms with van der Waals surface area (Å²) in [7, 11) is 0. The Kier molecular flexibility index (Phi) is 8.93. The van der Waals surface area contributed by atoms with E-state index in [4.69, 9.17) is 4.74 Å². The van der Waals surface area contributed by atoms with Crippen LogP contribution in [-0.4, -0.2) is 22.9 Å². The monoisotopic (exact) mass is 548 g/mol. The molecule has 0 N–H and O–H groups in total. The molecule has 1 heterocycles. The highest BCUT2D eigenvalue weighted by Gasteiger charge is 2.34. The van der Waals surface area contributed by atoms with E-state index in [9.17, 15) is 22.0 Å². The molecule has 3 aromatic carbocycles. The lowest BCUT2D eigenvalue weighted by atomic mass is 9.98. The van der Waals surface area contributed by atoms with Crippen LogP contribution in [0.25, 0.3) is 10.8 Å². The highest BCUT2D eigenvalue weighted by Crippen LogP contribution is 2.30. The van der Waals surface area contributed by atoms with E-state index in [0.717, 1.165) is 30.5 Å². The van der Waals surface area contributed by atoms with Gasteiger partial charge in [0, 0.05) is 11.8 Å². The van der Waals surface area contributed by atoms with E-state index in [1.807, 2.05) is 12.1 Å². The summed E-state index contributed by atoms with van der Waals surface area (Å²) in [5.74, 6) is -3.62. The van der Waals surface area contributed by atoms with Gasteiger partial charge >= 0.3 is 6.36 Å². The number of aryl methyl sites for hydroxylation is 4. The van der Waals surface area contributed by atoms with Gasteiger partial charge in [-0.15, -0.1) is 13.2 Å². The minimum absolute atomic E-state index is 0.0169. The lowest BCUT2D eigenvalue weighted by molar-refractivity contribution is -0.276. The van der Waals surface area contributed by atoms with Gasteiger partial charge in [-0.3, -0.25) is 0 Å². The average Bonchev–Trinajstić information content (AvgIpc) is 2.89. The Morgan fingerprint density at radius 3 is 2.15 bits per heavy atom. The van der Waals surface area contributed by atoms with Gasteiger partial charge in [0.15, 0.2) is 17.4 Å². The second-order valence-electron chi connectivity index (χ2n) is 9.07. The molecule has 0 bridgehead atoms. The predicted octanol–water partition coefficient (Wildman–Crippen LogP) is 7.70. The second-order valence-corrected chi connectivity index (χ2v) is 9.07. The van der Waals surface area contributed by atoms with Gasteiger partial charge in [-0.25, -0.2) is 23.1 Å². The summed E-state index contributed by atoms with van der Waals surface area (Å²) in [6, 6.07) is 10.2. The van der Waals surface area contributed by atoms with Gasteiger partial charge in [0.25, 0.3) is 0 Å². The molecule has 0 saturated carbocycles. The molecule has 10 heteroatoms. The van der Waals surface area contributed by atoms with Crippen molar-refractivity contribution < 1.29 is 35.8 Å². The van der Waals surface area contributed by atoms with E-state index >= 15 is 4.39 Å². The first-order valence-electron chi connectivity index (χ1n) is 12.5. The second kappa shape index (κ2) is 12.4. The van der Waals surface area contributed by atoms with E-state index < -0.39 is 29.6 Å². The number of hydrogen-bond donors (Lipinski definition) is 0. The van der Waals surface area contributed by atoms with Crippen molar-refractivity contribution in [2.24, 2.45) is 0 Å². The summed E-state index contributed by atoms with van der Waals surface area (Å²) in [6.07, 6.45) is 1.46. The highest BCUT2D eigenvalue weighted by molar-refractivity contribution is 5.84. The zero-order chi connectivity index (χ0) is 28.0. The van der Waals surface area contributed by atoms with Gasteiger partial charge in [0.1, 0.15) is 11.6 Å². The van der Waals surface area contributed by atoms with Crippen LogP contribution in [-0.2, 0) is 25.7 Å². The maximum absolute atomic E-state index is 15.2. The number of fused-ring (bicyclic) bond motifs is 1. The van der Waals surface area contributed by atoms with E-state index in [1.54, 1.807) is 30.6 Å². The standard InChI is InChI=1S/C29H26F6N2O2/c1-2-3-12-38-22-16-36-26(37-17-22)11-6-18-5-10-23-21(13-18)9-8-20(27(23)32)7-4-19-14-24(30)28(25(31)15-19)39-29(33,34)35/h5,8-10,13-17H,2-4,6-7,11-12H2,1H3. The van der Waals surface area contributed by atoms with Crippen molar-refractivity contribution in [1.82, 2.24) is 9.97 Å². The minimum Gasteiger partial charge on any atom is -0.490 e. The Morgan fingerprint density at radius 2 is 1.49 bits per heavy atom. The largest absolute Gasteiger partial charge is 0.573 e. The van der Waals surface area contributed by atoms with Crippen LogP contribution >= 0.6 is 0 Å². The van der Waals surface area contributed by atoms with E-state index in [2.05, 4.69) is 21.6 Å². The molecule has 39 heavy (non-hydrogen) atoms. The third-order valence-electron chi connectivity index (χ3n) is 6.14. The van der Waals surface area contributed by atoms with Crippen LogP contribution in [0.2, 0.25) is 0 Å². The van der Waals surface area contributed by atoms with Crippen LogP contribution in [0.4, 0.5) is 26.3 Å². The van der Waals surface area contributed by atoms with Crippen molar-refractivity contribution >= 4 is 10.8 Å². The molecule has 4 nitrogen and oxygen atoms in total. The molecule has 0 saturated heterocycles. The van der Waals surface area contributed by atoms with Crippen molar-refractivity contribution in [1.29, 1.82) is 0 Å². The Hall–Kier alpha value is -3.82. The summed E-state index contributed by atoms with van der Waals surface area (Å²) in [4.78, 5) is 8.67. The molecule has 0 fully saturated rings. The maximum atomic E-state index is 15.2. The number of ether oxygens (including phenoxy) is 2. The number of benzene rings is 3. The van der Waals surface area contributed by atoms with Gasteiger partial charge in [0.2, 0.25) is 5.75 Å². The molecule has 0 aliphatic heterocycles. The van der Waals surface area contributed by atoms with E-state index in [-0.39, 0.29) is 18.4 Å². The Morgan fingerprint density at radius 1 is 0.795 bits per heavy atom. The molecule has 206 valence electrons. The van der Waals surface area contributed by atoms with Gasteiger partial charge in [0.05, 0.1) is 19.0 Å². The molecule has 0 aliphatic rings. The van der Waals surface area contributed by atoms with E-state index in [0.29, 0.717) is 47.4 Å². The number of hydrogen-bond acceptors (Lipinski definition) is 4. The lowest BCUT2D eigenvalue weighted by Crippen LogP contribution is -2.19. The fraction of sp³-hybridized carbons (Fsp3) is 0.310. The van der Waals surface area contributed by atoms with Crippen LogP contribution in [0.15, 0.2) is 54.9 Å². The van der Waals surface area contributed by atoms with Crippen LogP contribution < -0.4 is 9.47 Å². The number of rotatable bonds is 11. The number of nitrogens with zero attached hydrogens (tertiary/aromatic N) is 2.